The first-order valence-electron chi connectivity index (χ1n) is 6.15. The maximum atomic E-state index is 11.8. The van der Waals surface area contributed by atoms with Crippen LogP contribution >= 0.6 is 0 Å². The zero-order valence-electron chi connectivity index (χ0n) is 10.5. The quantitative estimate of drug-likeness (QED) is 0.721. The Morgan fingerprint density at radius 3 is 2.65 bits per heavy atom. The predicted octanol–water partition coefficient (Wildman–Crippen LogP) is 1.96. The highest BCUT2D eigenvalue weighted by Crippen LogP contribution is 2.22. The minimum atomic E-state index is -0.861. The Balaban J connectivity index is 2.46. The Hall–Kier alpha value is -1.32. The summed E-state index contributed by atoms with van der Waals surface area (Å²) in [7, 11) is 0. The molecule has 96 valence electrons. The fourth-order valence-electron chi connectivity index (χ4n) is 1.81. The lowest BCUT2D eigenvalue weighted by molar-refractivity contribution is -0.148. The van der Waals surface area contributed by atoms with Crippen molar-refractivity contribution in [3.05, 3.63) is 12.2 Å². The fourth-order valence-corrected chi connectivity index (χ4v) is 1.81. The van der Waals surface area contributed by atoms with Gasteiger partial charge in [0.25, 0.3) is 0 Å². The van der Waals surface area contributed by atoms with Gasteiger partial charge in [-0.3, -0.25) is 9.59 Å². The van der Waals surface area contributed by atoms with Crippen LogP contribution in [-0.2, 0) is 9.59 Å². The molecule has 0 aromatic heterocycles. The summed E-state index contributed by atoms with van der Waals surface area (Å²) >= 11 is 0. The number of nitrogens with one attached hydrogen (secondary N) is 1. The molecule has 2 atom stereocenters. The van der Waals surface area contributed by atoms with Crippen LogP contribution in [0, 0.1) is 11.3 Å². The normalized spacial score (nSPS) is 22.8. The van der Waals surface area contributed by atoms with Gasteiger partial charge in [0.15, 0.2) is 0 Å². The average Bonchev–Trinajstić information content (AvgIpc) is 2.36. The van der Waals surface area contributed by atoms with Gasteiger partial charge in [-0.05, 0) is 32.6 Å². The molecule has 0 heterocycles. The molecule has 0 radical (unpaired) electrons. The predicted molar refractivity (Wildman–Crippen MR) is 65.5 cm³/mol. The second-order valence-corrected chi connectivity index (χ2v) is 4.92. The van der Waals surface area contributed by atoms with Crippen molar-refractivity contribution in [2.24, 2.45) is 11.3 Å². The van der Waals surface area contributed by atoms with Crippen molar-refractivity contribution in [2.75, 3.05) is 6.54 Å². The molecule has 0 spiro atoms. The summed E-state index contributed by atoms with van der Waals surface area (Å²) in [5, 5.41) is 11.9. The smallest absolute Gasteiger partial charge is 0.311 e. The first-order chi connectivity index (χ1) is 7.99. The van der Waals surface area contributed by atoms with Crippen molar-refractivity contribution < 1.29 is 14.7 Å². The second kappa shape index (κ2) is 5.84. The van der Waals surface area contributed by atoms with Gasteiger partial charge in [0.2, 0.25) is 5.91 Å². The number of amides is 1. The van der Waals surface area contributed by atoms with E-state index in [9.17, 15) is 9.59 Å². The zero-order valence-corrected chi connectivity index (χ0v) is 10.5. The standard InChI is InChI=1S/C13H21NO3/c1-3-13(2,12(16)17)9-14-11(15)10-7-5-4-6-8-10/h4-5,10H,3,6-9H2,1-2H3,(H,14,15)(H,16,17). The molecular weight excluding hydrogens is 218 g/mol. The molecule has 0 fully saturated rings. The molecule has 0 saturated heterocycles. The molecule has 1 aliphatic carbocycles. The van der Waals surface area contributed by atoms with Crippen LogP contribution in [-0.4, -0.2) is 23.5 Å². The molecule has 0 aromatic carbocycles. The first-order valence-corrected chi connectivity index (χ1v) is 6.15. The average molecular weight is 239 g/mol. The van der Waals surface area contributed by atoms with Crippen molar-refractivity contribution in [2.45, 2.75) is 39.5 Å². The Labute approximate surface area is 102 Å². The molecular formula is C13H21NO3. The van der Waals surface area contributed by atoms with Gasteiger partial charge in [-0.1, -0.05) is 19.1 Å². The van der Waals surface area contributed by atoms with Gasteiger partial charge in [0.1, 0.15) is 0 Å². The van der Waals surface area contributed by atoms with Gasteiger partial charge in [-0.2, -0.15) is 0 Å². The summed E-state index contributed by atoms with van der Waals surface area (Å²) in [5.74, 6) is -0.867. The van der Waals surface area contributed by atoms with E-state index in [0.29, 0.717) is 6.42 Å². The second-order valence-electron chi connectivity index (χ2n) is 4.92. The highest BCUT2D eigenvalue weighted by Gasteiger charge is 2.32. The SMILES string of the molecule is CCC(C)(CNC(=O)C1CC=CCC1)C(=O)O. The van der Waals surface area contributed by atoms with Crippen LogP contribution in [0.1, 0.15) is 39.5 Å². The third-order valence-electron chi connectivity index (χ3n) is 3.59. The largest absolute Gasteiger partial charge is 0.481 e. The van der Waals surface area contributed by atoms with Crippen LogP contribution in [0.5, 0.6) is 0 Å². The Kier molecular flexibility index (Phi) is 4.73. The van der Waals surface area contributed by atoms with Crippen LogP contribution in [0.2, 0.25) is 0 Å². The van der Waals surface area contributed by atoms with Crippen LogP contribution in [0.3, 0.4) is 0 Å². The van der Waals surface area contributed by atoms with Gasteiger partial charge in [0, 0.05) is 12.5 Å². The topological polar surface area (TPSA) is 66.4 Å². The van der Waals surface area contributed by atoms with Gasteiger partial charge >= 0.3 is 5.97 Å². The van der Waals surface area contributed by atoms with Crippen LogP contribution in [0.15, 0.2) is 12.2 Å². The Bertz CT molecular complexity index is 325. The number of rotatable bonds is 5. The van der Waals surface area contributed by atoms with E-state index in [4.69, 9.17) is 5.11 Å². The lowest BCUT2D eigenvalue weighted by Gasteiger charge is -2.25. The van der Waals surface area contributed by atoms with Crippen molar-refractivity contribution >= 4 is 11.9 Å². The molecule has 0 saturated carbocycles. The van der Waals surface area contributed by atoms with E-state index in [-0.39, 0.29) is 18.4 Å². The van der Waals surface area contributed by atoms with Crippen molar-refractivity contribution in [1.29, 1.82) is 0 Å². The third-order valence-corrected chi connectivity index (χ3v) is 3.59. The number of carboxylic acids is 1. The van der Waals surface area contributed by atoms with E-state index in [1.165, 1.54) is 0 Å². The third kappa shape index (κ3) is 3.58. The molecule has 4 nitrogen and oxygen atoms in total. The summed E-state index contributed by atoms with van der Waals surface area (Å²) < 4.78 is 0. The van der Waals surface area contributed by atoms with E-state index in [0.717, 1.165) is 19.3 Å². The molecule has 2 unspecified atom stereocenters. The maximum Gasteiger partial charge on any atom is 0.311 e. The van der Waals surface area contributed by atoms with E-state index < -0.39 is 11.4 Å². The number of hydrogen-bond acceptors (Lipinski definition) is 2. The van der Waals surface area contributed by atoms with Crippen molar-refractivity contribution in [1.82, 2.24) is 5.32 Å². The summed E-state index contributed by atoms with van der Waals surface area (Å²) in [6, 6.07) is 0. The molecule has 1 rings (SSSR count). The van der Waals surface area contributed by atoms with E-state index >= 15 is 0 Å². The summed E-state index contributed by atoms with van der Waals surface area (Å²) in [6.45, 7) is 3.69. The molecule has 1 aliphatic rings. The number of carboxylic acid groups (broad SMARTS) is 1. The molecule has 1 amide bonds. The van der Waals surface area contributed by atoms with Crippen LogP contribution < -0.4 is 5.32 Å². The molecule has 4 heteroatoms. The lowest BCUT2D eigenvalue weighted by Crippen LogP contribution is -2.42. The maximum absolute atomic E-state index is 11.8. The minimum Gasteiger partial charge on any atom is -0.481 e. The van der Waals surface area contributed by atoms with Gasteiger partial charge < -0.3 is 10.4 Å². The number of carbonyl (C=O) groups is 2. The van der Waals surface area contributed by atoms with E-state index in [1.54, 1.807) is 6.92 Å². The number of aliphatic carboxylic acids is 1. The fraction of sp³-hybridized carbons (Fsp3) is 0.692. The molecule has 2 N–H and O–H groups in total. The van der Waals surface area contributed by atoms with Gasteiger partial charge in [-0.25, -0.2) is 0 Å². The molecule has 17 heavy (non-hydrogen) atoms. The Morgan fingerprint density at radius 2 is 2.18 bits per heavy atom. The number of allylic oxidation sites excluding steroid dienone is 2. The first kappa shape index (κ1) is 13.7. The lowest BCUT2D eigenvalue weighted by atomic mass is 9.87. The summed E-state index contributed by atoms with van der Waals surface area (Å²) in [5.41, 5.74) is -0.861. The van der Waals surface area contributed by atoms with Crippen molar-refractivity contribution in [3.63, 3.8) is 0 Å². The Morgan fingerprint density at radius 1 is 1.47 bits per heavy atom. The number of carbonyl (C=O) groups excluding carboxylic acids is 1. The van der Waals surface area contributed by atoms with Crippen LogP contribution in [0.4, 0.5) is 0 Å². The van der Waals surface area contributed by atoms with Gasteiger partial charge in [0.05, 0.1) is 5.41 Å². The zero-order chi connectivity index (χ0) is 12.9. The summed E-state index contributed by atoms with van der Waals surface area (Å²) in [4.78, 5) is 22.9. The molecule has 0 aliphatic heterocycles. The minimum absolute atomic E-state index is 0.00917. The monoisotopic (exact) mass is 239 g/mol. The van der Waals surface area contributed by atoms with Crippen LogP contribution in [0.25, 0.3) is 0 Å². The van der Waals surface area contributed by atoms with E-state index in [1.807, 2.05) is 13.0 Å². The highest BCUT2D eigenvalue weighted by molar-refractivity contribution is 5.80. The molecule has 0 bridgehead atoms. The highest BCUT2D eigenvalue weighted by atomic mass is 16.4. The molecule has 0 aromatic rings. The van der Waals surface area contributed by atoms with E-state index in [2.05, 4.69) is 11.4 Å². The van der Waals surface area contributed by atoms with Gasteiger partial charge in [-0.15, -0.1) is 0 Å². The van der Waals surface area contributed by atoms with Crippen molar-refractivity contribution in [3.8, 4) is 0 Å². The summed E-state index contributed by atoms with van der Waals surface area (Å²) in [6.07, 6.45) is 7.16. The number of hydrogen-bond donors (Lipinski definition) is 2.